The molecule has 21 heavy (non-hydrogen) atoms. The number of fused-ring (bicyclic) bond motifs is 1. The number of amidine groups is 1. The fourth-order valence-corrected chi connectivity index (χ4v) is 2.14. The van der Waals surface area contributed by atoms with Crippen molar-refractivity contribution in [3.63, 3.8) is 0 Å². The van der Waals surface area contributed by atoms with E-state index in [2.05, 4.69) is 20.0 Å². The Morgan fingerprint density at radius 1 is 1.19 bits per heavy atom. The molecule has 0 N–H and O–H groups in total. The molecule has 0 fully saturated rings. The molecule has 3 rings (SSSR count). The molecular formula is C13H9F3N4O. The van der Waals surface area contributed by atoms with Crippen molar-refractivity contribution in [2.24, 2.45) is 20.0 Å². The molecule has 0 aromatic heterocycles. The molecule has 0 aliphatic carbocycles. The molecule has 5 nitrogen and oxygen atoms in total. The minimum absolute atomic E-state index is 0.0543. The number of methoxy groups -OCH3 is 1. The number of hydrogen-bond acceptors (Lipinski definition) is 5. The lowest BCUT2D eigenvalue weighted by Gasteiger charge is -2.31. The molecule has 2 aliphatic heterocycles. The average molecular weight is 294 g/mol. The number of benzene rings is 1. The van der Waals surface area contributed by atoms with Crippen LogP contribution in [0.4, 0.5) is 13.2 Å². The highest BCUT2D eigenvalue weighted by Crippen LogP contribution is 2.47. The number of hydrogen-bond donors (Lipinski definition) is 0. The summed E-state index contributed by atoms with van der Waals surface area (Å²) in [5.74, 6) is -0.0353. The molecule has 108 valence electrons. The normalized spacial score (nSPS) is 23.6. The quantitative estimate of drug-likeness (QED) is 0.826. The number of nitrogens with zero attached hydrogens (tertiary/aromatic N) is 4. The maximum absolute atomic E-state index is 13.7. The summed E-state index contributed by atoms with van der Waals surface area (Å²) in [5, 5.41) is 0. The summed E-state index contributed by atoms with van der Waals surface area (Å²) in [4.78, 5) is 14.9. The minimum Gasteiger partial charge on any atom is -0.496 e. The van der Waals surface area contributed by atoms with Gasteiger partial charge in [-0.3, -0.25) is 0 Å². The zero-order chi connectivity index (χ0) is 15.1. The fraction of sp³-hybridized carbons (Fsp3) is 0.231. The molecule has 0 bridgehead atoms. The van der Waals surface area contributed by atoms with Crippen LogP contribution >= 0.6 is 0 Å². The van der Waals surface area contributed by atoms with E-state index in [0.717, 1.165) is 12.6 Å². The van der Waals surface area contributed by atoms with E-state index in [1.54, 1.807) is 6.07 Å². The number of alkyl halides is 3. The van der Waals surface area contributed by atoms with Crippen LogP contribution in [0.2, 0.25) is 0 Å². The van der Waals surface area contributed by atoms with Crippen molar-refractivity contribution in [2.45, 2.75) is 11.8 Å². The highest BCUT2D eigenvalue weighted by molar-refractivity contribution is 6.65. The van der Waals surface area contributed by atoms with Crippen molar-refractivity contribution in [3.05, 3.63) is 29.8 Å². The molecule has 1 aromatic carbocycles. The van der Waals surface area contributed by atoms with Crippen LogP contribution in [-0.2, 0) is 5.66 Å². The van der Waals surface area contributed by atoms with Gasteiger partial charge in [0.15, 0.2) is 5.84 Å². The van der Waals surface area contributed by atoms with Crippen LogP contribution in [0.5, 0.6) is 5.75 Å². The van der Waals surface area contributed by atoms with Gasteiger partial charge in [0.1, 0.15) is 17.8 Å². The predicted octanol–water partition coefficient (Wildman–Crippen LogP) is 2.38. The third kappa shape index (κ3) is 1.94. The van der Waals surface area contributed by atoms with Crippen LogP contribution in [-0.4, -0.2) is 37.4 Å². The van der Waals surface area contributed by atoms with Crippen LogP contribution in [0.25, 0.3) is 0 Å². The van der Waals surface area contributed by atoms with Gasteiger partial charge in [0.05, 0.1) is 18.9 Å². The molecule has 1 unspecified atom stereocenters. The van der Waals surface area contributed by atoms with Gasteiger partial charge in [-0.1, -0.05) is 18.2 Å². The number of ether oxygens (including phenoxy) is 1. The van der Waals surface area contributed by atoms with Crippen molar-refractivity contribution < 1.29 is 17.9 Å². The van der Waals surface area contributed by atoms with Gasteiger partial charge in [-0.2, -0.15) is 13.2 Å². The highest BCUT2D eigenvalue weighted by Gasteiger charge is 2.59. The first-order chi connectivity index (χ1) is 9.98. The van der Waals surface area contributed by atoms with Crippen molar-refractivity contribution in [1.82, 2.24) is 0 Å². The Hall–Kier alpha value is -2.51. The average Bonchev–Trinajstić information content (AvgIpc) is 2.93. The molecule has 0 spiro atoms. The van der Waals surface area contributed by atoms with E-state index in [9.17, 15) is 13.2 Å². The first kappa shape index (κ1) is 13.5. The second-order valence-corrected chi connectivity index (χ2v) is 4.32. The number of para-hydroxylation sites is 1. The molecule has 2 heterocycles. The third-order valence-electron chi connectivity index (χ3n) is 3.13. The van der Waals surface area contributed by atoms with E-state index in [1.807, 2.05) is 0 Å². The first-order valence-corrected chi connectivity index (χ1v) is 5.94. The lowest BCUT2D eigenvalue weighted by molar-refractivity contribution is -0.186. The van der Waals surface area contributed by atoms with Gasteiger partial charge in [-0.15, -0.1) is 0 Å². The van der Waals surface area contributed by atoms with Gasteiger partial charge in [-0.05, 0) is 6.07 Å². The van der Waals surface area contributed by atoms with Crippen molar-refractivity contribution in [2.75, 3.05) is 7.11 Å². The third-order valence-corrected chi connectivity index (χ3v) is 3.13. The highest BCUT2D eigenvalue weighted by atomic mass is 19.4. The van der Waals surface area contributed by atoms with Crippen LogP contribution in [0.15, 0.2) is 44.2 Å². The van der Waals surface area contributed by atoms with Crippen LogP contribution in [0, 0.1) is 0 Å². The summed E-state index contributed by atoms with van der Waals surface area (Å²) < 4.78 is 46.1. The number of rotatable bonds is 2. The Morgan fingerprint density at radius 2 is 1.95 bits per heavy atom. The van der Waals surface area contributed by atoms with Crippen molar-refractivity contribution >= 4 is 24.1 Å². The molecule has 0 saturated carbocycles. The summed E-state index contributed by atoms with van der Waals surface area (Å²) in [7, 11) is 1.29. The summed E-state index contributed by atoms with van der Waals surface area (Å²) in [6.07, 6.45) is -2.56. The molecule has 0 radical (unpaired) electrons. The van der Waals surface area contributed by atoms with Crippen LogP contribution < -0.4 is 4.74 Å². The Labute approximate surface area is 117 Å². The summed E-state index contributed by atoms with van der Waals surface area (Å²) >= 11 is 0. The second kappa shape index (κ2) is 4.51. The second-order valence-electron chi connectivity index (χ2n) is 4.32. The standard InChI is InChI=1S/C13H9F3N4O/c1-21-10-5-3-2-4-8(10)12(13(14,15)16)19-6-9-11(20-12)18-7-17-9/h2-7H,1H3. The SMILES string of the molecule is COc1ccccc1C1(C(F)(F)F)N=CC2=NC=NC2=N1. The van der Waals surface area contributed by atoms with E-state index < -0.39 is 11.8 Å². The van der Waals surface area contributed by atoms with E-state index in [1.165, 1.54) is 25.3 Å². The lowest BCUT2D eigenvalue weighted by atomic mass is 9.97. The van der Waals surface area contributed by atoms with Gasteiger partial charge in [-0.25, -0.2) is 20.0 Å². The van der Waals surface area contributed by atoms with Crippen molar-refractivity contribution in [3.8, 4) is 5.75 Å². The zero-order valence-electron chi connectivity index (χ0n) is 10.8. The number of aliphatic imine (C=N–C) groups is 4. The number of halogens is 3. The molecule has 0 saturated heterocycles. The molecule has 2 aliphatic rings. The molecule has 1 aromatic rings. The van der Waals surface area contributed by atoms with E-state index in [4.69, 9.17) is 4.74 Å². The monoisotopic (exact) mass is 294 g/mol. The minimum atomic E-state index is -4.74. The van der Waals surface area contributed by atoms with Gasteiger partial charge >= 0.3 is 6.18 Å². The maximum atomic E-state index is 13.7. The van der Waals surface area contributed by atoms with Gasteiger partial charge < -0.3 is 4.74 Å². The van der Waals surface area contributed by atoms with Crippen molar-refractivity contribution in [1.29, 1.82) is 0 Å². The lowest BCUT2D eigenvalue weighted by Crippen LogP contribution is -2.43. The summed E-state index contributed by atoms with van der Waals surface area (Å²) in [5.41, 5.74) is -2.75. The van der Waals surface area contributed by atoms with Gasteiger partial charge in [0.2, 0.25) is 0 Å². The fourth-order valence-electron chi connectivity index (χ4n) is 2.14. The van der Waals surface area contributed by atoms with E-state index in [0.29, 0.717) is 0 Å². The first-order valence-electron chi connectivity index (χ1n) is 5.94. The van der Waals surface area contributed by atoms with Gasteiger partial charge in [0.25, 0.3) is 5.66 Å². The largest absolute Gasteiger partial charge is 0.496 e. The predicted molar refractivity (Wildman–Crippen MR) is 72.6 cm³/mol. The Morgan fingerprint density at radius 3 is 2.67 bits per heavy atom. The molecule has 0 amide bonds. The molecule has 1 atom stereocenters. The smallest absolute Gasteiger partial charge is 0.438 e. The Kier molecular flexibility index (Phi) is 2.89. The Bertz CT molecular complexity index is 706. The van der Waals surface area contributed by atoms with E-state index in [-0.39, 0.29) is 22.9 Å². The Balaban J connectivity index is 2.26. The van der Waals surface area contributed by atoms with Crippen LogP contribution in [0.1, 0.15) is 5.56 Å². The van der Waals surface area contributed by atoms with E-state index >= 15 is 0 Å². The summed E-state index contributed by atoms with van der Waals surface area (Å²) in [6, 6.07) is 5.77. The topological polar surface area (TPSA) is 58.7 Å². The van der Waals surface area contributed by atoms with Gasteiger partial charge in [0, 0.05) is 0 Å². The molecular weight excluding hydrogens is 285 g/mol. The zero-order valence-corrected chi connectivity index (χ0v) is 10.8. The molecule has 8 heteroatoms. The maximum Gasteiger partial charge on any atom is 0.438 e. The summed E-state index contributed by atoms with van der Waals surface area (Å²) in [6.45, 7) is 0. The van der Waals surface area contributed by atoms with Crippen LogP contribution in [0.3, 0.4) is 0 Å².